The highest BCUT2D eigenvalue weighted by Gasteiger charge is 2.08. The minimum absolute atomic E-state index is 0.00678. The molecule has 0 spiro atoms. The molecule has 0 aliphatic heterocycles. The highest BCUT2D eigenvalue weighted by atomic mass is 19.1. The van der Waals surface area contributed by atoms with Crippen LogP contribution in [0.1, 0.15) is 10.4 Å². The first-order valence-corrected chi connectivity index (χ1v) is 3.80. The van der Waals surface area contributed by atoms with Gasteiger partial charge in [0.1, 0.15) is 12.5 Å². The molecule has 1 amide bonds. The summed E-state index contributed by atoms with van der Waals surface area (Å²) >= 11 is 0. The van der Waals surface area contributed by atoms with Crippen molar-refractivity contribution in [1.29, 1.82) is 0 Å². The summed E-state index contributed by atoms with van der Waals surface area (Å²) < 4.78 is 11.7. The molecule has 0 unspecified atom stereocenters. The highest BCUT2D eigenvalue weighted by Crippen LogP contribution is 2.05. The molecule has 1 aromatic rings. The maximum atomic E-state index is 11.7. The second kappa shape index (κ2) is 4.39. The molecule has 5 heteroatoms. The van der Waals surface area contributed by atoms with Gasteiger partial charge in [0.2, 0.25) is 0 Å². The third-order valence-corrected chi connectivity index (χ3v) is 1.46. The van der Waals surface area contributed by atoms with Gasteiger partial charge in [0.05, 0.1) is 5.56 Å². The molecule has 0 radical (unpaired) electrons. The summed E-state index contributed by atoms with van der Waals surface area (Å²) in [5.74, 6) is -0.248. The highest BCUT2D eigenvalue weighted by molar-refractivity contribution is 5.98. The Hall–Kier alpha value is -1.65. The van der Waals surface area contributed by atoms with Crippen LogP contribution in [0.3, 0.4) is 0 Å². The molecule has 70 valence electrons. The van der Waals surface area contributed by atoms with E-state index in [0.717, 1.165) is 0 Å². The zero-order valence-electron chi connectivity index (χ0n) is 6.96. The van der Waals surface area contributed by atoms with Crippen molar-refractivity contribution in [2.45, 2.75) is 0 Å². The number of nitrogens with zero attached hydrogens (tertiary/aromatic N) is 1. The van der Waals surface area contributed by atoms with E-state index in [-0.39, 0.29) is 17.9 Å². The minimum Gasteiger partial charge on any atom is -0.383 e. The van der Waals surface area contributed by atoms with Crippen molar-refractivity contribution >= 4 is 11.7 Å². The Bertz CT molecular complexity index is 303. The number of alkyl halides is 1. The summed E-state index contributed by atoms with van der Waals surface area (Å²) in [6.07, 6.45) is 1.49. The van der Waals surface area contributed by atoms with Gasteiger partial charge in [-0.15, -0.1) is 0 Å². The second-order valence-electron chi connectivity index (χ2n) is 2.38. The van der Waals surface area contributed by atoms with Crippen molar-refractivity contribution in [2.75, 3.05) is 19.0 Å². The fourth-order valence-corrected chi connectivity index (χ4v) is 0.866. The van der Waals surface area contributed by atoms with Gasteiger partial charge in [-0.3, -0.25) is 4.79 Å². The molecule has 3 N–H and O–H groups in total. The van der Waals surface area contributed by atoms with Crippen LogP contribution in [0.2, 0.25) is 0 Å². The molecule has 0 atom stereocenters. The number of anilines is 1. The Morgan fingerprint density at radius 2 is 2.46 bits per heavy atom. The first-order valence-electron chi connectivity index (χ1n) is 3.80. The number of amides is 1. The number of pyridine rings is 1. The van der Waals surface area contributed by atoms with Crippen molar-refractivity contribution in [3.63, 3.8) is 0 Å². The number of hydrogen-bond donors (Lipinski definition) is 2. The van der Waals surface area contributed by atoms with Crippen LogP contribution in [0.25, 0.3) is 0 Å². The maximum Gasteiger partial charge on any atom is 0.255 e. The van der Waals surface area contributed by atoms with E-state index in [9.17, 15) is 9.18 Å². The average molecular weight is 183 g/mol. The molecule has 0 fully saturated rings. The van der Waals surface area contributed by atoms with Crippen LogP contribution >= 0.6 is 0 Å². The number of nitrogens with two attached hydrogens (primary N) is 1. The number of carbonyl (C=O) groups excluding carboxylic acids is 1. The van der Waals surface area contributed by atoms with E-state index < -0.39 is 12.6 Å². The molecule has 0 saturated heterocycles. The first-order chi connectivity index (χ1) is 6.25. The first kappa shape index (κ1) is 9.44. The van der Waals surface area contributed by atoms with E-state index in [4.69, 9.17) is 5.73 Å². The summed E-state index contributed by atoms with van der Waals surface area (Å²) in [7, 11) is 0. The molecule has 13 heavy (non-hydrogen) atoms. The molecule has 1 heterocycles. The lowest BCUT2D eigenvalue weighted by Gasteiger charge is -2.03. The number of nitrogen functional groups attached to an aromatic ring is 1. The third kappa shape index (κ3) is 2.40. The molecular formula is C8H10FN3O. The monoisotopic (exact) mass is 183 g/mol. The summed E-state index contributed by atoms with van der Waals surface area (Å²) in [5.41, 5.74) is 5.70. The molecule has 0 aliphatic rings. The van der Waals surface area contributed by atoms with Crippen molar-refractivity contribution in [1.82, 2.24) is 10.3 Å². The van der Waals surface area contributed by atoms with Gasteiger partial charge in [-0.1, -0.05) is 0 Å². The van der Waals surface area contributed by atoms with Crippen LogP contribution in [0, 0.1) is 0 Å². The van der Waals surface area contributed by atoms with Gasteiger partial charge < -0.3 is 11.1 Å². The lowest BCUT2D eigenvalue weighted by atomic mass is 10.2. The predicted octanol–water partition coefficient (Wildman–Crippen LogP) is 0.363. The molecule has 0 bridgehead atoms. The van der Waals surface area contributed by atoms with Crippen LogP contribution in [0.5, 0.6) is 0 Å². The lowest BCUT2D eigenvalue weighted by Crippen LogP contribution is -2.26. The van der Waals surface area contributed by atoms with E-state index in [1.165, 1.54) is 12.3 Å². The number of rotatable bonds is 3. The van der Waals surface area contributed by atoms with E-state index in [0.29, 0.717) is 0 Å². The van der Waals surface area contributed by atoms with E-state index in [1.54, 1.807) is 6.07 Å². The van der Waals surface area contributed by atoms with Crippen molar-refractivity contribution < 1.29 is 9.18 Å². The molecule has 4 nitrogen and oxygen atoms in total. The van der Waals surface area contributed by atoms with Gasteiger partial charge in [0.15, 0.2) is 0 Å². The smallest absolute Gasteiger partial charge is 0.255 e. The number of halogens is 1. The number of nitrogens with one attached hydrogen (secondary N) is 1. The Balaban J connectivity index is 2.71. The Labute approximate surface area is 75.0 Å². The zero-order chi connectivity index (χ0) is 9.68. The second-order valence-corrected chi connectivity index (χ2v) is 2.38. The molecular weight excluding hydrogens is 173 g/mol. The minimum atomic E-state index is -0.591. The Kier molecular flexibility index (Phi) is 3.19. The fraction of sp³-hybridized carbons (Fsp3) is 0.250. The van der Waals surface area contributed by atoms with Gasteiger partial charge >= 0.3 is 0 Å². The van der Waals surface area contributed by atoms with Gasteiger partial charge in [-0.05, 0) is 12.1 Å². The maximum absolute atomic E-state index is 11.7. The third-order valence-electron chi connectivity index (χ3n) is 1.46. The molecule has 0 aromatic carbocycles. The molecule has 0 saturated carbocycles. The number of aromatic nitrogens is 1. The van der Waals surface area contributed by atoms with E-state index in [2.05, 4.69) is 10.3 Å². The Morgan fingerprint density at radius 1 is 1.69 bits per heavy atom. The predicted molar refractivity (Wildman–Crippen MR) is 47.0 cm³/mol. The lowest BCUT2D eigenvalue weighted by molar-refractivity contribution is 0.0951. The van der Waals surface area contributed by atoms with Crippen LogP contribution in [0.4, 0.5) is 10.2 Å². The van der Waals surface area contributed by atoms with Crippen LogP contribution in [-0.4, -0.2) is 24.1 Å². The van der Waals surface area contributed by atoms with E-state index in [1.807, 2.05) is 0 Å². The zero-order valence-corrected chi connectivity index (χ0v) is 6.96. The van der Waals surface area contributed by atoms with E-state index >= 15 is 0 Å². The standard InChI is InChI=1S/C8H10FN3O/c9-3-5-12-8(13)6-2-1-4-11-7(6)10/h1-2,4H,3,5H2,(H2,10,11)(H,12,13). The summed E-state index contributed by atoms with van der Waals surface area (Å²) in [5, 5.41) is 2.36. The largest absolute Gasteiger partial charge is 0.383 e. The normalized spacial score (nSPS) is 9.62. The van der Waals surface area contributed by atoms with Crippen LogP contribution in [-0.2, 0) is 0 Å². The topological polar surface area (TPSA) is 68.0 Å². The number of carbonyl (C=O) groups is 1. The fourth-order valence-electron chi connectivity index (χ4n) is 0.866. The van der Waals surface area contributed by atoms with Crippen LogP contribution < -0.4 is 11.1 Å². The van der Waals surface area contributed by atoms with Gasteiger partial charge in [0, 0.05) is 12.7 Å². The van der Waals surface area contributed by atoms with Gasteiger partial charge in [-0.25, -0.2) is 9.37 Å². The van der Waals surface area contributed by atoms with Crippen molar-refractivity contribution in [3.8, 4) is 0 Å². The van der Waals surface area contributed by atoms with Gasteiger partial charge in [-0.2, -0.15) is 0 Å². The quantitative estimate of drug-likeness (QED) is 0.711. The summed E-state index contributed by atoms with van der Waals surface area (Å²) in [4.78, 5) is 15.0. The van der Waals surface area contributed by atoms with Crippen molar-refractivity contribution in [2.24, 2.45) is 0 Å². The molecule has 1 rings (SSSR count). The summed E-state index contributed by atoms with van der Waals surface area (Å²) in [6.45, 7) is -0.598. The average Bonchev–Trinajstić information content (AvgIpc) is 2.15. The SMILES string of the molecule is Nc1ncccc1C(=O)NCCF. The summed E-state index contributed by atoms with van der Waals surface area (Å²) in [6, 6.07) is 3.14. The van der Waals surface area contributed by atoms with Gasteiger partial charge in [0.25, 0.3) is 5.91 Å². The number of hydrogen-bond acceptors (Lipinski definition) is 3. The molecule has 1 aromatic heterocycles. The van der Waals surface area contributed by atoms with Crippen molar-refractivity contribution in [3.05, 3.63) is 23.9 Å². The Morgan fingerprint density at radius 3 is 3.08 bits per heavy atom. The molecule has 0 aliphatic carbocycles. The van der Waals surface area contributed by atoms with Crippen LogP contribution in [0.15, 0.2) is 18.3 Å².